The van der Waals surface area contributed by atoms with Crippen molar-refractivity contribution in [2.45, 2.75) is 6.61 Å². The number of rotatable bonds is 6. The van der Waals surface area contributed by atoms with E-state index in [4.69, 9.17) is 20.8 Å². The molecule has 24 heavy (non-hydrogen) atoms. The molecular weight excluding hydrogens is 328 g/mol. The molecule has 0 atom stereocenters. The Labute approximate surface area is 144 Å². The van der Waals surface area contributed by atoms with Crippen LogP contribution in [0.5, 0.6) is 5.75 Å². The molecule has 1 aromatic carbocycles. The van der Waals surface area contributed by atoms with Crippen molar-refractivity contribution in [3.63, 3.8) is 0 Å². The van der Waals surface area contributed by atoms with Crippen molar-refractivity contribution in [1.29, 1.82) is 0 Å². The number of hydrogen-bond acceptors (Lipinski definition) is 4. The molecular formula is C18H15ClN2O3. The van der Waals surface area contributed by atoms with Gasteiger partial charge >= 0.3 is 0 Å². The number of carbonyl (C=O) groups is 1. The van der Waals surface area contributed by atoms with E-state index in [1.54, 1.807) is 54.3 Å². The van der Waals surface area contributed by atoms with Crippen molar-refractivity contribution in [2.24, 2.45) is 7.05 Å². The molecule has 0 amide bonds. The summed E-state index contributed by atoms with van der Waals surface area (Å²) < 4.78 is 12.8. The molecule has 0 radical (unpaired) electrons. The zero-order chi connectivity index (χ0) is 16.9. The zero-order valence-electron chi connectivity index (χ0n) is 13.0. The molecule has 0 saturated heterocycles. The number of aryl methyl sites for hydroxylation is 1. The van der Waals surface area contributed by atoms with Gasteiger partial charge in [0.25, 0.3) is 0 Å². The van der Waals surface area contributed by atoms with Crippen molar-refractivity contribution < 1.29 is 13.9 Å². The molecule has 0 N–H and O–H groups in total. The Kier molecular flexibility index (Phi) is 4.82. The van der Waals surface area contributed by atoms with Gasteiger partial charge in [-0.3, -0.25) is 9.48 Å². The predicted molar refractivity (Wildman–Crippen MR) is 91.1 cm³/mol. The van der Waals surface area contributed by atoms with Gasteiger partial charge in [0.1, 0.15) is 23.9 Å². The van der Waals surface area contributed by atoms with Crippen LogP contribution in [0.1, 0.15) is 21.9 Å². The number of aromatic nitrogens is 2. The van der Waals surface area contributed by atoms with Crippen LogP contribution in [-0.4, -0.2) is 15.6 Å². The average molecular weight is 343 g/mol. The van der Waals surface area contributed by atoms with Crippen LogP contribution in [0.15, 0.2) is 59.3 Å². The molecule has 2 heterocycles. The van der Waals surface area contributed by atoms with E-state index in [0.29, 0.717) is 34.5 Å². The van der Waals surface area contributed by atoms with Gasteiger partial charge in [0.2, 0.25) is 0 Å². The fraction of sp³-hybridized carbons (Fsp3) is 0.111. The van der Waals surface area contributed by atoms with Crippen molar-refractivity contribution in [2.75, 3.05) is 0 Å². The fourth-order valence-electron chi connectivity index (χ4n) is 2.05. The second-order valence-electron chi connectivity index (χ2n) is 5.15. The number of allylic oxidation sites excluding steroid dienone is 1. The maximum absolute atomic E-state index is 12.0. The van der Waals surface area contributed by atoms with Gasteiger partial charge in [0.05, 0.1) is 11.8 Å². The highest BCUT2D eigenvalue weighted by molar-refractivity contribution is 6.30. The normalized spacial score (nSPS) is 11.1. The molecule has 3 rings (SSSR count). The molecule has 122 valence electrons. The van der Waals surface area contributed by atoms with Gasteiger partial charge < -0.3 is 9.15 Å². The van der Waals surface area contributed by atoms with Gasteiger partial charge in [0.15, 0.2) is 5.78 Å². The number of hydrogen-bond donors (Lipinski definition) is 0. The van der Waals surface area contributed by atoms with Crippen LogP contribution in [0, 0.1) is 0 Å². The summed E-state index contributed by atoms with van der Waals surface area (Å²) in [4.78, 5) is 12.0. The standard InChI is InChI=1S/C18H15ClN2O3/c1-21-11-13(10-20-21)18(22)9-8-16-6-7-17(24-16)12-23-15-4-2-14(19)3-5-15/h2-11H,12H2,1H3. The van der Waals surface area contributed by atoms with Crippen molar-refractivity contribution >= 4 is 23.5 Å². The predicted octanol–water partition coefficient (Wildman–Crippen LogP) is 4.14. The molecule has 2 aromatic heterocycles. The highest BCUT2D eigenvalue weighted by Gasteiger charge is 2.05. The van der Waals surface area contributed by atoms with Crippen LogP contribution in [0.25, 0.3) is 6.08 Å². The third-order valence-electron chi connectivity index (χ3n) is 3.27. The van der Waals surface area contributed by atoms with Gasteiger partial charge in [-0.15, -0.1) is 0 Å². The molecule has 6 heteroatoms. The number of furan rings is 1. The van der Waals surface area contributed by atoms with E-state index in [2.05, 4.69) is 5.10 Å². The average Bonchev–Trinajstić information content (AvgIpc) is 3.21. The Morgan fingerprint density at radius 2 is 2.08 bits per heavy atom. The summed E-state index contributed by atoms with van der Waals surface area (Å²) in [6, 6.07) is 10.7. The summed E-state index contributed by atoms with van der Waals surface area (Å²) >= 11 is 5.82. The summed E-state index contributed by atoms with van der Waals surface area (Å²) in [6.07, 6.45) is 6.28. The van der Waals surface area contributed by atoms with E-state index in [-0.39, 0.29) is 5.78 Å². The topological polar surface area (TPSA) is 57.3 Å². The minimum atomic E-state index is -0.126. The summed E-state index contributed by atoms with van der Waals surface area (Å²) in [5.74, 6) is 1.83. The van der Waals surface area contributed by atoms with E-state index in [1.165, 1.54) is 12.3 Å². The van der Waals surface area contributed by atoms with Crippen LogP contribution in [-0.2, 0) is 13.7 Å². The van der Waals surface area contributed by atoms with E-state index >= 15 is 0 Å². The molecule has 0 unspecified atom stereocenters. The summed E-state index contributed by atoms with van der Waals surface area (Å²) in [7, 11) is 1.76. The maximum atomic E-state index is 12.0. The first-order valence-electron chi connectivity index (χ1n) is 7.28. The van der Waals surface area contributed by atoms with Crippen molar-refractivity contribution in [3.8, 4) is 5.75 Å². The number of ether oxygens (including phenoxy) is 1. The smallest absolute Gasteiger partial charge is 0.189 e. The number of nitrogens with zero attached hydrogens (tertiary/aromatic N) is 2. The highest BCUT2D eigenvalue weighted by atomic mass is 35.5. The lowest BCUT2D eigenvalue weighted by Crippen LogP contribution is -1.93. The molecule has 0 aliphatic carbocycles. The van der Waals surface area contributed by atoms with Gasteiger partial charge in [-0.05, 0) is 48.6 Å². The van der Waals surface area contributed by atoms with Crippen LogP contribution in [0.2, 0.25) is 5.02 Å². The SMILES string of the molecule is Cn1cc(C(=O)C=Cc2ccc(COc3ccc(Cl)cc3)o2)cn1. The Morgan fingerprint density at radius 1 is 1.29 bits per heavy atom. The van der Waals surface area contributed by atoms with Crippen LogP contribution in [0.4, 0.5) is 0 Å². The molecule has 5 nitrogen and oxygen atoms in total. The lowest BCUT2D eigenvalue weighted by Gasteiger charge is -2.03. The van der Waals surface area contributed by atoms with E-state index < -0.39 is 0 Å². The van der Waals surface area contributed by atoms with Crippen molar-refractivity contribution in [3.05, 3.63) is 77.0 Å². The first-order chi connectivity index (χ1) is 11.6. The summed E-state index contributed by atoms with van der Waals surface area (Å²) in [5, 5.41) is 4.63. The summed E-state index contributed by atoms with van der Waals surface area (Å²) in [5.41, 5.74) is 0.534. The minimum Gasteiger partial charge on any atom is -0.486 e. The largest absolute Gasteiger partial charge is 0.486 e. The maximum Gasteiger partial charge on any atom is 0.189 e. The molecule has 0 fully saturated rings. The third kappa shape index (κ3) is 4.14. The summed E-state index contributed by atoms with van der Waals surface area (Å²) in [6.45, 7) is 0.298. The highest BCUT2D eigenvalue weighted by Crippen LogP contribution is 2.18. The number of benzene rings is 1. The number of halogens is 1. The Morgan fingerprint density at radius 3 is 2.79 bits per heavy atom. The lowest BCUT2D eigenvalue weighted by molar-refractivity contribution is 0.104. The van der Waals surface area contributed by atoms with Gasteiger partial charge in [0, 0.05) is 18.3 Å². The number of ketones is 1. The molecule has 0 aliphatic rings. The van der Waals surface area contributed by atoms with Gasteiger partial charge in [-0.2, -0.15) is 5.10 Å². The minimum absolute atomic E-state index is 0.126. The second kappa shape index (κ2) is 7.19. The van der Waals surface area contributed by atoms with E-state index in [9.17, 15) is 4.79 Å². The second-order valence-corrected chi connectivity index (χ2v) is 5.58. The Balaban J connectivity index is 1.58. The molecule has 0 bridgehead atoms. The Hall–Kier alpha value is -2.79. The third-order valence-corrected chi connectivity index (χ3v) is 3.52. The quantitative estimate of drug-likeness (QED) is 0.499. The molecule has 0 spiro atoms. The zero-order valence-corrected chi connectivity index (χ0v) is 13.7. The van der Waals surface area contributed by atoms with E-state index in [1.807, 2.05) is 6.07 Å². The van der Waals surface area contributed by atoms with Crippen LogP contribution in [0.3, 0.4) is 0 Å². The first kappa shape index (κ1) is 16.1. The molecule has 0 saturated carbocycles. The van der Waals surface area contributed by atoms with Gasteiger partial charge in [-0.25, -0.2) is 0 Å². The lowest BCUT2D eigenvalue weighted by atomic mass is 10.2. The van der Waals surface area contributed by atoms with Gasteiger partial charge in [-0.1, -0.05) is 11.6 Å². The number of carbonyl (C=O) groups excluding carboxylic acids is 1. The Bertz CT molecular complexity index is 863. The van der Waals surface area contributed by atoms with Crippen LogP contribution < -0.4 is 4.74 Å². The molecule has 0 aliphatic heterocycles. The fourth-order valence-corrected chi connectivity index (χ4v) is 2.18. The van der Waals surface area contributed by atoms with Crippen LogP contribution >= 0.6 is 11.6 Å². The monoisotopic (exact) mass is 342 g/mol. The van der Waals surface area contributed by atoms with E-state index in [0.717, 1.165) is 0 Å². The molecule has 3 aromatic rings. The van der Waals surface area contributed by atoms with Crippen molar-refractivity contribution in [1.82, 2.24) is 9.78 Å². The first-order valence-corrected chi connectivity index (χ1v) is 7.66.